The molecule has 6 rings (SSSR count). The maximum atomic E-state index is 14.0. The Morgan fingerprint density at radius 3 is 1.96 bits per heavy atom. The molecule has 0 bridgehead atoms. The maximum absolute atomic E-state index is 14.0. The van der Waals surface area contributed by atoms with Gasteiger partial charge in [0.15, 0.2) is 12.0 Å². The quantitative estimate of drug-likeness (QED) is 0.0220. The molecule has 1 aliphatic carbocycles. The lowest BCUT2D eigenvalue weighted by atomic mass is 9.78. The Labute approximate surface area is 615 Å². The zero-order chi connectivity index (χ0) is 76.7. The molecule has 4 aliphatic rings. The summed E-state index contributed by atoms with van der Waals surface area (Å²) in [6.45, 7) is 13.4. The first-order chi connectivity index (χ1) is 50.3. The number of aliphatic hydroxyl groups excluding tert-OH is 7. The van der Waals surface area contributed by atoms with Crippen LogP contribution in [0, 0.1) is 17.8 Å². The van der Waals surface area contributed by atoms with Crippen molar-refractivity contribution in [3.63, 3.8) is 0 Å². The number of ether oxygens (including phenoxy) is 7. The largest absolute Gasteiger partial charge is 0.396 e. The first-order valence-electron chi connectivity index (χ1n) is 36.8. The average molecular weight is 1480 g/mol. The minimum atomic E-state index is -1.75. The van der Waals surface area contributed by atoms with Gasteiger partial charge in [-0.2, -0.15) is 0 Å². The number of nitrogens with two attached hydrogens (primary N) is 2. The second-order valence-electron chi connectivity index (χ2n) is 27.8. The van der Waals surface area contributed by atoms with E-state index in [9.17, 15) is 69.3 Å². The van der Waals surface area contributed by atoms with Crippen molar-refractivity contribution in [1.82, 2.24) is 42.6 Å². The Kier molecular flexibility index (Phi) is 37.2. The number of benzene rings is 2. The lowest BCUT2D eigenvalue weighted by molar-refractivity contribution is -0.288. The normalized spacial score (nSPS) is 24.4. The fraction of sp³-hybridized carbons (Fsp3) is 0.685. The van der Waals surface area contributed by atoms with E-state index in [-0.39, 0.29) is 128 Å². The van der Waals surface area contributed by atoms with Gasteiger partial charge in [-0.15, -0.1) is 0 Å². The number of nitrogens with zero attached hydrogens (tertiary/aromatic N) is 1. The standard InChI is InChI=1S/C73H117N11O21/c1-42(2)61(72(98)79-45(7)64(91)43(3)4)82-71(97)50(21-15-16-28-76-57(89)41-103-52-23-10-8-9-20-49(63(52)83-75)81-73-69(96)66(93)59(54(40-86)105-73)70-68(95)67(94)65(92)53(104-70)26-30-85)80-56(88)27-31-99-33-35-101-37-38-102-36-34-100-32-29-77-55(87)24-25-58(90)84-39-46-17-11-12-18-47(46)62(78-44(5)6)60(74)48-19-13-14-22-51(48)84/h11-14,17-19,22,42-45,50,52-54,59,61,65-70,73,78,81,83,85-86,92-96H,8-10,15-16,20-21,23-41,74-75H2,1-7H3,(H,76,89)(H,77,87)(H,79,98)(H,80,88)(H,82,97)/b62-60-,63-49?/t45-,50+,52?,53+,54+,59?,61-,65+,66-,67-,68+,69+,70+,73-/m0/s1. The summed E-state index contributed by atoms with van der Waals surface area (Å²) in [5.74, 6) is 1.21. The summed E-state index contributed by atoms with van der Waals surface area (Å²) in [6, 6.07) is 12.5. The van der Waals surface area contributed by atoms with Gasteiger partial charge in [-0.25, -0.2) is 0 Å². The number of carbonyl (C=O) groups excluding carboxylic acids is 7. The number of rotatable bonds is 43. The van der Waals surface area contributed by atoms with Crippen molar-refractivity contribution in [2.24, 2.45) is 29.3 Å². The molecule has 0 radical (unpaired) electrons. The van der Waals surface area contributed by atoms with Crippen LogP contribution in [-0.2, 0) is 73.3 Å². The van der Waals surface area contributed by atoms with Gasteiger partial charge < -0.3 is 122 Å². The minimum absolute atomic E-state index is 0.0000916. The van der Waals surface area contributed by atoms with Gasteiger partial charge in [0.05, 0.1) is 119 Å². The molecule has 2 aromatic rings. The smallest absolute Gasteiger partial charge is 0.246 e. The lowest BCUT2D eigenvalue weighted by Gasteiger charge is -2.50. The molecule has 14 atom stereocenters. The van der Waals surface area contributed by atoms with Crippen molar-refractivity contribution in [2.75, 3.05) is 90.7 Å². The van der Waals surface area contributed by atoms with Gasteiger partial charge in [0.1, 0.15) is 49.2 Å². The summed E-state index contributed by atoms with van der Waals surface area (Å²) in [5.41, 5.74) is 14.8. The van der Waals surface area contributed by atoms with Crippen LogP contribution in [0.25, 0.3) is 11.4 Å². The van der Waals surface area contributed by atoms with Crippen molar-refractivity contribution >= 4 is 58.3 Å². The summed E-state index contributed by atoms with van der Waals surface area (Å²) < 4.78 is 40.5. The Bertz CT molecular complexity index is 3140. The zero-order valence-corrected chi connectivity index (χ0v) is 61.8. The van der Waals surface area contributed by atoms with E-state index >= 15 is 0 Å². The molecule has 2 saturated heterocycles. The van der Waals surface area contributed by atoms with Crippen LogP contribution in [0.5, 0.6) is 0 Å². The van der Waals surface area contributed by atoms with E-state index in [1.165, 1.54) is 0 Å². The third-order valence-corrected chi connectivity index (χ3v) is 18.8. The van der Waals surface area contributed by atoms with E-state index in [1.54, 1.807) is 39.5 Å². The Morgan fingerprint density at radius 1 is 0.648 bits per heavy atom. The highest BCUT2D eigenvalue weighted by Crippen LogP contribution is 2.38. The summed E-state index contributed by atoms with van der Waals surface area (Å²) in [4.78, 5) is 95.2. The van der Waals surface area contributed by atoms with Crippen molar-refractivity contribution in [3.8, 4) is 0 Å². The van der Waals surface area contributed by atoms with Crippen LogP contribution < -0.4 is 59.1 Å². The fourth-order valence-corrected chi connectivity index (χ4v) is 13.1. The van der Waals surface area contributed by atoms with E-state index in [2.05, 4.69) is 42.6 Å². The third-order valence-electron chi connectivity index (χ3n) is 18.8. The van der Waals surface area contributed by atoms with Crippen molar-refractivity contribution < 1.29 is 102 Å². The monoisotopic (exact) mass is 1480 g/mol. The molecule has 19 N–H and O–H groups in total. The predicted molar refractivity (Wildman–Crippen MR) is 386 cm³/mol. The number of ketones is 1. The molecule has 105 heavy (non-hydrogen) atoms. The number of carbonyl (C=O) groups is 7. The number of hydrazine groups is 1. The highest BCUT2D eigenvalue weighted by atomic mass is 16.6. The van der Waals surface area contributed by atoms with E-state index in [1.807, 2.05) is 62.4 Å². The SMILES string of the molecule is CC(C)N/C1=C(\N)c2ccccc2N(C(=O)CCC(=O)NCCOCCOCCOCCOCCC(=O)N[C@H](CCCCNC(=O)COC2CCCCCC(N[C@H]3O[C@H](CO)C([C@H]4O[C@H](CCO)[C@@H](O)[C@H](O)[C@H]4O)[C@H](O)[C@H]3O)=C2NN)C(=O)N[C@H](C(=O)N[C@@H](C)C(=O)C(C)C)C(C)C)Cc2ccccc21. The average Bonchev–Trinajstić information content (AvgIpc) is 0.773. The number of aliphatic hydroxyl groups is 7. The van der Waals surface area contributed by atoms with Gasteiger partial charge in [0, 0.05) is 73.7 Å². The molecule has 32 nitrogen and oxygen atoms in total. The number of fused-ring (bicyclic) bond motifs is 2. The first kappa shape index (κ1) is 86.9. The summed E-state index contributed by atoms with van der Waals surface area (Å²) >= 11 is 0. The van der Waals surface area contributed by atoms with Gasteiger partial charge in [0.2, 0.25) is 35.4 Å². The number of allylic oxidation sites excluding steroid dienone is 1. The summed E-state index contributed by atoms with van der Waals surface area (Å²) in [6.07, 6.45) is -10.8. The van der Waals surface area contributed by atoms with E-state index in [0.717, 1.165) is 28.8 Å². The van der Waals surface area contributed by atoms with Gasteiger partial charge >= 0.3 is 0 Å². The van der Waals surface area contributed by atoms with Gasteiger partial charge in [0.25, 0.3) is 0 Å². The highest BCUT2D eigenvalue weighted by molar-refractivity contribution is 6.02. The molecule has 0 spiro atoms. The lowest BCUT2D eigenvalue weighted by Crippen LogP contribution is -2.68. The molecule has 0 aromatic heterocycles. The van der Waals surface area contributed by atoms with Crippen molar-refractivity contribution in [2.45, 2.75) is 217 Å². The molecule has 6 amide bonds. The Hall–Kier alpha value is -6.99. The number of amides is 6. The topological polar surface area (TPSA) is 477 Å². The molecule has 32 heteroatoms. The zero-order valence-electron chi connectivity index (χ0n) is 61.8. The van der Waals surface area contributed by atoms with E-state index < -0.39 is 135 Å². The fourth-order valence-electron chi connectivity index (χ4n) is 13.1. The number of para-hydroxylation sites is 1. The van der Waals surface area contributed by atoms with Crippen molar-refractivity contribution in [1.29, 1.82) is 0 Å². The molecular weight excluding hydrogens is 1370 g/mol. The van der Waals surface area contributed by atoms with Crippen LogP contribution in [0.2, 0.25) is 0 Å². The van der Waals surface area contributed by atoms with E-state index in [0.29, 0.717) is 67.8 Å². The number of Topliss-reactive ketones (excluding diaryl/α,β-unsaturated/α-hetero) is 1. The highest BCUT2D eigenvalue weighted by Gasteiger charge is 2.55. The Morgan fingerprint density at radius 2 is 1.30 bits per heavy atom. The van der Waals surface area contributed by atoms with Crippen LogP contribution >= 0.6 is 0 Å². The first-order valence-corrected chi connectivity index (χ1v) is 36.8. The molecule has 590 valence electrons. The number of anilines is 1. The second kappa shape index (κ2) is 45.0. The second-order valence-corrected chi connectivity index (χ2v) is 27.8. The maximum Gasteiger partial charge on any atom is 0.246 e. The van der Waals surface area contributed by atoms with Crippen LogP contribution in [-0.4, -0.2) is 248 Å². The van der Waals surface area contributed by atoms with Gasteiger partial charge in [-0.05, 0) is 83.3 Å². The number of hydrogen-bond acceptors (Lipinski definition) is 26. The van der Waals surface area contributed by atoms with Gasteiger partial charge in [-0.1, -0.05) is 83.0 Å². The summed E-state index contributed by atoms with van der Waals surface area (Å²) in [7, 11) is 0. The molecule has 2 fully saturated rings. The number of unbranched alkanes of at least 4 members (excludes halogenated alkanes) is 1. The van der Waals surface area contributed by atoms with E-state index in [4.69, 9.17) is 44.7 Å². The third kappa shape index (κ3) is 26.4. The van der Waals surface area contributed by atoms with Crippen molar-refractivity contribution in [3.05, 3.63) is 76.6 Å². The molecular formula is C73H117N11O21. The van der Waals surface area contributed by atoms with Crippen LogP contribution in [0.3, 0.4) is 0 Å². The van der Waals surface area contributed by atoms with Crippen LogP contribution in [0.15, 0.2) is 59.9 Å². The van der Waals surface area contributed by atoms with Gasteiger partial charge in [-0.3, -0.25) is 39.4 Å². The van der Waals surface area contributed by atoms with Crippen LogP contribution in [0.4, 0.5) is 5.69 Å². The van der Waals surface area contributed by atoms with Crippen LogP contribution in [0.1, 0.15) is 142 Å². The molecule has 3 aliphatic heterocycles. The Balaban J connectivity index is 0.890. The minimum Gasteiger partial charge on any atom is -0.396 e. The number of nitrogens with one attached hydrogen (secondary N) is 8. The number of hydrogen-bond donors (Lipinski definition) is 17. The predicted octanol–water partition coefficient (Wildman–Crippen LogP) is -0.788. The molecule has 2 unspecified atom stereocenters. The molecule has 3 heterocycles. The molecule has 2 aromatic carbocycles. The molecule has 0 saturated carbocycles. The summed E-state index contributed by atoms with van der Waals surface area (Å²) in [5, 5.41) is 95.4.